The van der Waals surface area contributed by atoms with E-state index in [-0.39, 0.29) is 4.92 Å². The van der Waals surface area contributed by atoms with Crippen molar-refractivity contribution in [3.8, 4) is 0 Å². The molecule has 0 aliphatic rings. The van der Waals surface area contributed by atoms with Crippen LogP contribution in [-0.2, 0) is 9.53 Å². The first-order valence-electron chi connectivity index (χ1n) is 3.96. The van der Waals surface area contributed by atoms with Crippen molar-refractivity contribution < 1.29 is 14.5 Å². The fourth-order valence-electron chi connectivity index (χ4n) is 0.690. The summed E-state index contributed by atoms with van der Waals surface area (Å²) in [4.78, 5) is 20.4. The Balaban J connectivity index is 3.61. The quantitative estimate of drug-likeness (QED) is 0.280. The van der Waals surface area contributed by atoms with E-state index in [4.69, 9.17) is 0 Å². The number of rotatable bonds is 5. The van der Waals surface area contributed by atoms with Crippen molar-refractivity contribution in [3.63, 3.8) is 0 Å². The maximum atomic E-state index is 10.5. The SMILES string of the molecule is COC(=O)/C=C/CCC(C)[N+](=O)[O-]. The molecule has 1 atom stereocenters. The molecule has 0 saturated heterocycles. The third-order valence-corrected chi connectivity index (χ3v) is 1.57. The Morgan fingerprint density at radius 1 is 1.69 bits per heavy atom. The number of carbonyl (C=O) groups is 1. The van der Waals surface area contributed by atoms with Gasteiger partial charge in [-0.1, -0.05) is 6.08 Å². The van der Waals surface area contributed by atoms with Gasteiger partial charge in [0, 0.05) is 24.3 Å². The van der Waals surface area contributed by atoms with E-state index in [1.165, 1.54) is 20.1 Å². The predicted molar refractivity (Wildman–Crippen MR) is 46.8 cm³/mol. The van der Waals surface area contributed by atoms with E-state index in [2.05, 4.69) is 4.74 Å². The molecule has 0 bridgehead atoms. The number of methoxy groups -OCH3 is 1. The third-order valence-electron chi connectivity index (χ3n) is 1.57. The average Bonchev–Trinajstić information content (AvgIpc) is 2.11. The largest absolute Gasteiger partial charge is 0.466 e. The zero-order valence-electron chi connectivity index (χ0n) is 7.73. The second-order valence-corrected chi connectivity index (χ2v) is 2.64. The number of hydrogen-bond donors (Lipinski definition) is 0. The first kappa shape index (κ1) is 11.6. The van der Waals surface area contributed by atoms with Crippen molar-refractivity contribution in [2.24, 2.45) is 0 Å². The van der Waals surface area contributed by atoms with Gasteiger partial charge in [0.25, 0.3) is 0 Å². The molecule has 0 fully saturated rings. The Morgan fingerprint density at radius 3 is 2.77 bits per heavy atom. The zero-order valence-corrected chi connectivity index (χ0v) is 7.73. The van der Waals surface area contributed by atoms with Crippen LogP contribution in [0.3, 0.4) is 0 Å². The number of carbonyl (C=O) groups excluding carboxylic acids is 1. The van der Waals surface area contributed by atoms with Crippen LogP contribution in [0.5, 0.6) is 0 Å². The van der Waals surface area contributed by atoms with Crippen LogP contribution in [0.25, 0.3) is 0 Å². The molecule has 0 aromatic heterocycles. The topological polar surface area (TPSA) is 69.4 Å². The van der Waals surface area contributed by atoms with Crippen LogP contribution in [0, 0.1) is 10.1 Å². The van der Waals surface area contributed by atoms with E-state index >= 15 is 0 Å². The predicted octanol–water partition coefficient (Wildman–Crippen LogP) is 1.16. The Kier molecular flexibility index (Phi) is 5.50. The molecule has 0 N–H and O–H groups in total. The minimum absolute atomic E-state index is 0.341. The normalized spacial score (nSPS) is 12.8. The summed E-state index contributed by atoms with van der Waals surface area (Å²) in [6, 6.07) is -0.567. The van der Waals surface area contributed by atoms with Crippen LogP contribution in [0.2, 0.25) is 0 Å². The molecular formula is C8H13NO4. The standard InChI is InChI=1S/C8H13NO4/c1-7(9(11)12)5-3-4-6-8(10)13-2/h4,6-7H,3,5H2,1-2H3/b6-4+. The second kappa shape index (κ2) is 6.16. The maximum Gasteiger partial charge on any atom is 0.330 e. The lowest BCUT2D eigenvalue weighted by Gasteiger charge is -1.99. The number of nitro groups is 1. The monoisotopic (exact) mass is 187 g/mol. The first-order chi connectivity index (χ1) is 6.07. The Morgan fingerprint density at radius 2 is 2.31 bits per heavy atom. The number of ether oxygens (including phenoxy) is 1. The van der Waals surface area contributed by atoms with Crippen LogP contribution in [0.15, 0.2) is 12.2 Å². The van der Waals surface area contributed by atoms with E-state index in [0.717, 1.165) is 0 Å². The van der Waals surface area contributed by atoms with Gasteiger partial charge >= 0.3 is 5.97 Å². The molecule has 74 valence electrons. The molecule has 0 aliphatic heterocycles. The van der Waals surface area contributed by atoms with Gasteiger partial charge in [-0.15, -0.1) is 0 Å². The molecule has 5 nitrogen and oxygen atoms in total. The highest BCUT2D eigenvalue weighted by Gasteiger charge is 2.10. The molecule has 0 aromatic rings. The summed E-state index contributed by atoms with van der Waals surface area (Å²) in [6.07, 6.45) is 3.79. The van der Waals surface area contributed by atoms with Crippen molar-refractivity contribution in [3.05, 3.63) is 22.3 Å². The summed E-state index contributed by atoms with van der Waals surface area (Å²) in [7, 11) is 1.28. The fourth-order valence-corrected chi connectivity index (χ4v) is 0.690. The van der Waals surface area contributed by atoms with E-state index in [1.54, 1.807) is 6.08 Å². The summed E-state index contributed by atoms with van der Waals surface area (Å²) in [6.45, 7) is 1.53. The molecule has 0 amide bonds. The van der Waals surface area contributed by atoms with E-state index in [1.807, 2.05) is 0 Å². The summed E-state index contributed by atoms with van der Waals surface area (Å²) < 4.78 is 4.35. The lowest BCUT2D eigenvalue weighted by atomic mass is 10.2. The minimum Gasteiger partial charge on any atom is -0.466 e. The highest BCUT2D eigenvalue weighted by Crippen LogP contribution is 2.00. The summed E-state index contributed by atoms with van der Waals surface area (Å²) in [5.74, 6) is -0.436. The van der Waals surface area contributed by atoms with Gasteiger partial charge < -0.3 is 4.74 Å². The van der Waals surface area contributed by atoms with Gasteiger partial charge in [0.2, 0.25) is 6.04 Å². The Labute approximate surface area is 76.5 Å². The first-order valence-corrected chi connectivity index (χ1v) is 3.96. The summed E-state index contributed by atoms with van der Waals surface area (Å²) in [5.41, 5.74) is 0. The van der Waals surface area contributed by atoms with Crippen LogP contribution in [0.4, 0.5) is 0 Å². The fraction of sp³-hybridized carbons (Fsp3) is 0.625. The van der Waals surface area contributed by atoms with Gasteiger partial charge in [0.05, 0.1) is 7.11 Å². The molecule has 0 rings (SSSR count). The zero-order chi connectivity index (χ0) is 10.3. The number of esters is 1. The maximum absolute atomic E-state index is 10.5. The van der Waals surface area contributed by atoms with Gasteiger partial charge in [-0.25, -0.2) is 4.79 Å². The van der Waals surface area contributed by atoms with Gasteiger partial charge in [0.1, 0.15) is 0 Å². The molecule has 0 saturated carbocycles. The van der Waals surface area contributed by atoms with Crippen LogP contribution in [-0.4, -0.2) is 24.0 Å². The number of nitrogens with zero attached hydrogens (tertiary/aromatic N) is 1. The van der Waals surface area contributed by atoms with Gasteiger partial charge in [-0.05, 0) is 6.42 Å². The summed E-state index contributed by atoms with van der Waals surface area (Å²) >= 11 is 0. The molecule has 0 aromatic carbocycles. The van der Waals surface area contributed by atoms with Gasteiger partial charge in [0.15, 0.2) is 0 Å². The van der Waals surface area contributed by atoms with E-state index in [0.29, 0.717) is 12.8 Å². The Hall–Kier alpha value is -1.39. The van der Waals surface area contributed by atoms with Crippen molar-refractivity contribution in [2.75, 3.05) is 7.11 Å². The molecule has 5 heteroatoms. The van der Waals surface area contributed by atoms with Crippen molar-refractivity contribution in [2.45, 2.75) is 25.8 Å². The average molecular weight is 187 g/mol. The van der Waals surface area contributed by atoms with Crippen molar-refractivity contribution >= 4 is 5.97 Å². The minimum atomic E-state index is -0.567. The van der Waals surface area contributed by atoms with Gasteiger partial charge in [-0.3, -0.25) is 10.1 Å². The van der Waals surface area contributed by atoms with Crippen LogP contribution >= 0.6 is 0 Å². The molecule has 13 heavy (non-hydrogen) atoms. The molecule has 0 radical (unpaired) electrons. The van der Waals surface area contributed by atoms with E-state index < -0.39 is 12.0 Å². The van der Waals surface area contributed by atoms with Crippen molar-refractivity contribution in [1.29, 1.82) is 0 Å². The molecule has 0 aliphatic carbocycles. The highest BCUT2D eigenvalue weighted by atomic mass is 16.6. The number of hydrogen-bond acceptors (Lipinski definition) is 4. The summed E-state index contributed by atoms with van der Waals surface area (Å²) in [5, 5.41) is 10.2. The van der Waals surface area contributed by atoms with Gasteiger partial charge in [-0.2, -0.15) is 0 Å². The highest BCUT2D eigenvalue weighted by molar-refractivity contribution is 5.81. The van der Waals surface area contributed by atoms with Crippen molar-refractivity contribution in [1.82, 2.24) is 0 Å². The lowest BCUT2D eigenvalue weighted by molar-refractivity contribution is -0.518. The second-order valence-electron chi connectivity index (χ2n) is 2.64. The molecule has 1 unspecified atom stereocenters. The molecule has 0 heterocycles. The smallest absolute Gasteiger partial charge is 0.330 e. The van der Waals surface area contributed by atoms with E-state index in [9.17, 15) is 14.9 Å². The van der Waals surface area contributed by atoms with Crippen LogP contribution < -0.4 is 0 Å². The van der Waals surface area contributed by atoms with Crippen LogP contribution in [0.1, 0.15) is 19.8 Å². The third kappa shape index (κ3) is 5.84. The number of allylic oxidation sites excluding steroid dienone is 1. The lowest BCUT2D eigenvalue weighted by Crippen LogP contribution is -2.13. The molecular weight excluding hydrogens is 174 g/mol. The molecule has 0 spiro atoms. The Bertz CT molecular complexity index is 212.